The topological polar surface area (TPSA) is 88.6 Å². The van der Waals surface area contributed by atoms with Crippen LogP contribution in [0.4, 0.5) is 5.13 Å². The van der Waals surface area contributed by atoms with Gasteiger partial charge in [-0.2, -0.15) is 0 Å². The van der Waals surface area contributed by atoms with E-state index >= 15 is 0 Å². The number of likely N-dealkylation sites (tertiary alicyclic amines) is 1. The molecule has 8 heteroatoms. The molecule has 1 aliphatic rings. The smallest absolute Gasteiger partial charge is 0.357 e. The molecule has 1 aromatic heterocycles. The highest BCUT2D eigenvalue weighted by molar-refractivity contribution is 7.14. The molecule has 7 nitrogen and oxygen atoms in total. The van der Waals surface area contributed by atoms with E-state index < -0.39 is 5.97 Å². The first-order valence-corrected chi connectivity index (χ1v) is 8.64. The molecule has 0 aromatic carbocycles. The average Bonchev–Trinajstić information content (AvgIpc) is 3.03. The number of amides is 2. The molecule has 1 saturated heterocycles. The van der Waals surface area contributed by atoms with E-state index in [1.165, 1.54) is 11.3 Å². The SMILES string of the molecule is CCOC(=O)c1csc(NC(=O)C2CCCN(C(=O)CC)C2)n1. The molecule has 1 unspecified atom stereocenters. The quantitative estimate of drug-likeness (QED) is 0.828. The third-order valence-corrected chi connectivity index (χ3v) is 4.42. The molecule has 0 aliphatic carbocycles. The lowest BCUT2D eigenvalue weighted by Gasteiger charge is -2.31. The van der Waals surface area contributed by atoms with E-state index in [9.17, 15) is 14.4 Å². The average molecular weight is 339 g/mol. The van der Waals surface area contributed by atoms with Crippen LogP contribution in [0, 0.1) is 5.92 Å². The van der Waals surface area contributed by atoms with Crippen molar-refractivity contribution in [2.24, 2.45) is 5.92 Å². The summed E-state index contributed by atoms with van der Waals surface area (Å²) in [7, 11) is 0. The lowest BCUT2D eigenvalue weighted by atomic mass is 9.97. The van der Waals surface area contributed by atoms with Crippen LogP contribution in [0.1, 0.15) is 43.6 Å². The van der Waals surface area contributed by atoms with Crippen molar-refractivity contribution < 1.29 is 19.1 Å². The van der Waals surface area contributed by atoms with Crippen LogP contribution in [0.25, 0.3) is 0 Å². The zero-order chi connectivity index (χ0) is 16.8. The van der Waals surface area contributed by atoms with Crippen LogP contribution < -0.4 is 5.32 Å². The van der Waals surface area contributed by atoms with Crippen molar-refractivity contribution in [3.8, 4) is 0 Å². The summed E-state index contributed by atoms with van der Waals surface area (Å²) in [5.74, 6) is -0.833. The molecule has 1 fully saturated rings. The van der Waals surface area contributed by atoms with Gasteiger partial charge in [0.1, 0.15) is 0 Å². The minimum Gasteiger partial charge on any atom is -0.461 e. The van der Waals surface area contributed by atoms with Crippen LogP contribution in [0.2, 0.25) is 0 Å². The lowest BCUT2D eigenvalue weighted by Crippen LogP contribution is -2.43. The van der Waals surface area contributed by atoms with Crippen LogP contribution in [0.15, 0.2) is 5.38 Å². The molecule has 1 aromatic rings. The number of thiazole rings is 1. The third-order valence-electron chi connectivity index (χ3n) is 3.67. The van der Waals surface area contributed by atoms with E-state index in [-0.39, 0.29) is 30.0 Å². The number of carbonyl (C=O) groups is 3. The Morgan fingerprint density at radius 2 is 2.22 bits per heavy atom. The monoisotopic (exact) mass is 339 g/mol. The van der Waals surface area contributed by atoms with Gasteiger partial charge >= 0.3 is 5.97 Å². The number of hydrogen-bond acceptors (Lipinski definition) is 6. The third kappa shape index (κ3) is 4.51. The summed E-state index contributed by atoms with van der Waals surface area (Å²) in [5, 5.41) is 4.66. The Kier molecular flexibility index (Phi) is 6.09. The molecule has 1 N–H and O–H groups in total. The van der Waals surface area contributed by atoms with Gasteiger partial charge in [0.05, 0.1) is 12.5 Å². The molecule has 0 saturated carbocycles. The molecule has 2 heterocycles. The maximum atomic E-state index is 12.3. The van der Waals surface area contributed by atoms with Gasteiger partial charge in [0.2, 0.25) is 11.8 Å². The first-order valence-electron chi connectivity index (χ1n) is 7.76. The van der Waals surface area contributed by atoms with Gasteiger partial charge in [0.15, 0.2) is 10.8 Å². The highest BCUT2D eigenvalue weighted by Crippen LogP contribution is 2.21. The van der Waals surface area contributed by atoms with Crippen LogP contribution in [-0.4, -0.2) is 47.4 Å². The van der Waals surface area contributed by atoms with E-state index in [0.29, 0.717) is 24.6 Å². The molecule has 2 rings (SSSR count). The second-order valence-corrected chi connectivity index (χ2v) is 6.14. The van der Waals surface area contributed by atoms with Crippen molar-refractivity contribution in [3.05, 3.63) is 11.1 Å². The Labute approximate surface area is 139 Å². The number of hydrogen-bond donors (Lipinski definition) is 1. The maximum absolute atomic E-state index is 12.3. The second kappa shape index (κ2) is 8.05. The molecular formula is C15H21N3O4S. The second-order valence-electron chi connectivity index (χ2n) is 5.28. The zero-order valence-electron chi connectivity index (χ0n) is 13.3. The van der Waals surface area contributed by atoms with Crippen LogP contribution in [-0.2, 0) is 14.3 Å². The molecule has 0 bridgehead atoms. The van der Waals surface area contributed by atoms with E-state index in [0.717, 1.165) is 12.8 Å². The lowest BCUT2D eigenvalue weighted by molar-refractivity contribution is -0.134. The van der Waals surface area contributed by atoms with Gasteiger partial charge in [0, 0.05) is 24.9 Å². The molecule has 1 aliphatic heterocycles. The van der Waals surface area contributed by atoms with Gasteiger partial charge < -0.3 is 15.0 Å². The van der Waals surface area contributed by atoms with Crippen molar-refractivity contribution >= 4 is 34.3 Å². The summed E-state index contributed by atoms with van der Waals surface area (Å²) in [4.78, 5) is 41.5. The number of nitrogens with one attached hydrogen (secondary N) is 1. The Bertz CT molecular complexity index is 587. The van der Waals surface area contributed by atoms with Gasteiger partial charge in [-0.15, -0.1) is 11.3 Å². The van der Waals surface area contributed by atoms with Crippen LogP contribution in [0.5, 0.6) is 0 Å². The number of rotatable bonds is 5. The Morgan fingerprint density at radius 1 is 1.43 bits per heavy atom. The molecule has 126 valence electrons. The van der Waals surface area contributed by atoms with E-state index in [1.807, 2.05) is 6.92 Å². The normalized spacial score (nSPS) is 17.7. The van der Waals surface area contributed by atoms with Crippen molar-refractivity contribution in [1.82, 2.24) is 9.88 Å². The minimum atomic E-state index is -0.498. The maximum Gasteiger partial charge on any atom is 0.357 e. The zero-order valence-corrected chi connectivity index (χ0v) is 14.1. The number of ether oxygens (including phenoxy) is 1. The predicted molar refractivity (Wildman–Crippen MR) is 86.3 cm³/mol. The van der Waals surface area contributed by atoms with Crippen molar-refractivity contribution in [3.63, 3.8) is 0 Å². The highest BCUT2D eigenvalue weighted by Gasteiger charge is 2.28. The summed E-state index contributed by atoms with van der Waals surface area (Å²) < 4.78 is 4.86. The summed E-state index contributed by atoms with van der Waals surface area (Å²) in [5.41, 5.74) is 0.193. The van der Waals surface area contributed by atoms with E-state index in [2.05, 4.69) is 10.3 Å². The summed E-state index contributed by atoms with van der Waals surface area (Å²) in [6, 6.07) is 0. The van der Waals surface area contributed by atoms with Crippen molar-refractivity contribution in [2.75, 3.05) is 25.0 Å². The molecule has 2 amide bonds. The van der Waals surface area contributed by atoms with Crippen LogP contribution >= 0.6 is 11.3 Å². The van der Waals surface area contributed by atoms with Gasteiger partial charge in [-0.1, -0.05) is 6.92 Å². The summed E-state index contributed by atoms with van der Waals surface area (Å²) in [6.07, 6.45) is 2.01. The summed E-state index contributed by atoms with van der Waals surface area (Å²) >= 11 is 1.18. The number of aromatic nitrogens is 1. The van der Waals surface area contributed by atoms with Crippen molar-refractivity contribution in [1.29, 1.82) is 0 Å². The number of nitrogens with zero attached hydrogens (tertiary/aromatic N) is 2. The summed E-state index contributed by atoms with van der Waals surface area (Å²) in [6.45, 7) is 4.97. The van der Waals surface area contributed by atoms with Crippen LogP contribution in [0.3, 0.4) is 0 Å². The molecule has 0 radical (unpaired) electrons. The molecule has 1 atom stereocenters. The van der Waals surface area contributed by atoms with Gasteiger partial charge in [0.25, 0.3) is 0 Å². The number of esters is 1. The number of piperidine rings is 1. The molecule has 0 spiro atoms. The van der Waals surface area contributed by atoms with Crippen molar-refractivity contribution in [2.45, 2.75) is 33.1 Å². The fourth-order valence-corrected chi connectivity index (χ4v) is 3.16. The minimum absolute atomic E-state index is 0.0707. The number of anilines is 1. The first-order chi connectivity index (χ1) is 11.0. The predicted octanol–water partition coefficient (Wildman–Crippen LogP) is 1.91. The largest absolute Gasteiger partial charge is 0.461 e. The van der Waals surface area contributed by atoms with Gasteiger partial charge in [-0.05, 0) is 19.8 Å². The Hall–Kier alpha value is -1.96. The first kappa shape index (κ1) is 17.4. The van der Waals surface area contributed by atoms with E-state index in [4.69, 9.17) is 4.74 Å². The van der Waals surface area contributed by atoms with Gasteiger partial charge in [-0.3, -0.25) is 9.59 Å². The Morgan fingerprint density at radius 3 is 2.91 bits per heavy atom. The number of carbonyl (C=O) groups excluding carboxylic acids is 3. The molecular weight excluding hydrogens is 318 g/mol. The fraction of sp³-hybridized carbons (Fsp3) is 0.600. The highest BCUT2D eigenvalue weighted by atomic mass is 32.1. The fourth-order valence-electron chi connectivity index (χ4n) is 2.48. The van der Waals surface area contributed by atoms with E-state index in [1.54, 1.807) is 17.2 Å². The Balaban J connectivity index is 1.93. The van der Waals surface area contributed by atoms with Gasteiger partial charge in [-0.25, -0.2) is 9.78 Å². The standard InChI is InChI=1S/C15H21N3O4S/c1-3-12(19)18-7-5-6-10(8-18)13(20)17-15-16-11(9-23-15)14(21)22-4-2/h9-10H,3-8H2,1-2H3,(H,16,17,20). The molecule has 23 heavy (non-hydrogen) atoms.